The van der Waals surface area contributed by atoms with Crippen LogP contribution < -0.4 is 5.32 Å². The van der Waals surface area contributed by atoms with Gasteiger partial charge >= 0.3 is 0 Å². The monoisotopic (exact) mass is 356 g/mol. The highest BCUT2D eigenvalue weighted by Gasteiger charge is 2.39. The quantitative estimate of drug-likeness (QED) is 0.757. The Hall–Kier alpha value is -2.41. The highest BCUT2D eigenvalue weighted by Crippen LogP contribution is 2.33. The molecule has 0 spiro atoms. The first-order valence-electron chi connectivity index (χ1n) is 8.30. The van der Waals surface area contributed by atoms with E-state index in [1.165, 1.54) is 0 Å². The van der Waals surface area contributed by atoms with Crippen molar-refractivity contribution in [2.75, 3.05) is 5.32 Å². The number of fused-ring (bicyclic) bond motifs is 1. The fourth-order valence-corrected chi connectivity index (χ4v) is 3.77. The molecule has 1 aromatic carbocycles. The number of alkyl halides is 1. The Bertz CT molecular complexity index is 907. The molecule has 1 aliphatic rings. The number of carbonyl (C=O) groups excluding carboxylic acids is 1. The highest BCUT2D eigenvalue weighted by atomic mass is 32.1. The van der Waals surface area contributed by atoms with Gasteiger partial charge in [-0.15, -0.1) is 11.3 Å². The van der Waals surface area contributed by atoms with Crippen molar-refractivity contribution in [2.45, 2.75) is 37.8 Å². The first-order chi connectivity index (χ1) is 12.1. The van der Waals surface area contributed by atoms with Crippen molar-refractivity contribution in [2.24, 2.45) is 0 Å². The van der Waals surface area contributed by atoms with Gasteiger partial charge in [0, 0.05) is 17.8 Å². The molecule has 4 rings (SSSR count). The number of hydrogen-bond donors (Lipinski definition) is 1. The molecule has 0 bridgehead atoms. The third-order valence-corrected chi connectivity index (χ3v) is 5.40. The maximum Gasteiger partial charge on any atom is 0.264 e. The Labute approximate surface area is 148 Å². The van der Waals surface area contributed by atoms with E-state index in [0.717, 1.165) is 35.1 Å². The van der Waals surface area contributed by atoms with Gasteiger partial charge in [0.1, 0.15) is 0 Å². The molecule has 1 N–H and O–H groups in total. The molecular formula is C18H17FN4OS. The zero-order valence-corrected chi connectivity index (χ0v) is 14.4. The van der Waals surface area contributed by atoms with E-state index in [0.29, 0.717) is 5.52 Å². The standard InChI is InChI=1S/C18H17FN4OS/c19-18(6-2-1-3-7-18)16(24)23-17-21-9-13-5-4-12(8-14(13)22-17)15-10-20-11-25-15/h4-5,8-11H,1-3,6-7H2,(H,21,22,23,24). The lowest BCUT2D eigenvalue weighted by molar-refractivity contribution is -0.129. The predicted molar refractivity (Wildman–Crippen MR) is 96.2 cm³/mol. The molecule has 5 nitrogen and oxygen atoms in total. The molecule has 128 valence electrons. The molecule has 0 saturated heterocycles. The van der Waals surface area contributed by atoms with Crippen LogP contribution in [0.2, 0.25) is 0 Å². The van der Waals surface area contributed by atoms with E-state index in [1.807, 2.05) is 18.2 Å². The summed E-state index contributed by atoms with van der Waals surface area (Å²) >= 11 is 1.54. The summed E-state index contributed by atoms with van der Waals surface area (Å²) in [6.45, 7) is 0. The zero-order valence-electron chi connectivity index (χ0n) is 13.5. The predicted octanol–water partition coefficient (Wildman–Crippen LogP) is 4.36. The minimum Gasteiger partial charge on any atom is -0.292 e. The van der Waals surface area contributed by atoms with Gasteiger partial charge in [0.25, 0.3) is 5.91 Å². The van der Waals surface area contributed by atoms with Crippen molar-refractivity contribution in [1.29, 1.82) is 0 Å². The molecule has 1 amide bonds. The van der Waals surface area contributed by atoms with E-state index in [-0.39, 0.29) is 18.8 Å². The van der Waals surface area contributed by atoms with Crippen LogP contribution in [-0.2, 0) is 4.79 Å². The van der Waals surface area contributed by atoms with Crippen LogP contribution in [0.25, 0.3) is 21.3 Å². The van der Waals surface area contributed by atoms with Gasteiger partial charge in [-0.2, -0.15) is 0 Å². The van der Waals surface area contributed by atoms with Gasteiger partial charge < -0.3 is 0 Å². The molecule has 7 heteroatoms. The summed E-state index contributed by atoms with van der Waals surface area (Å²) in [7, 11) is 0. The van der Waals surface area contributed by atoms with Crippen LogP contribution in [0.4, 0.5) is 10.3 Å². The molecule has 3 aromatic rings. The van der Waals surface area contributed by atoms with Gasteiger partial charge in [-0.25, -0.2) is 14.4 Å². The smallest absolute Gasteiger partial charge is 0.264 e. The van der Waals surface area contributed by atoms with E-state index in [4.69, 9.17) is 0 Å². The van der Waals surface area contributed by atoms with E-state index >= 15 is 0 Å². The summed E-state index contributed by atoms with van der Waals surface area (Å²) in [4.78, 5) is 26.0. The van der Waals surface area contributed by atoms with Gasteiger partial charge in [0.05, 0.1) is 15.9 Å². The van der Waals surface area contributed by atoms with Crippen molar-refractivity contribution in [3.05, 3.63) is 36.1 Å². The molecule has 25 heavy (non-hydrogen) atoms. The Morgan fingerprint density at radius 1 is 1.20 bits per heavy atom. The summed E-state index contributed by atoms with van der Waals surface area (Å²) in [5, 5.41) is 3.41. The first-order valence-corrected chi connectivity index (χ1v) is 9.18. The van der Waals surface area contributed by atoms with E-state index in [2.05, 4.69) is 20.3 Å². The van der Waals surface area contributed by atoms with E-state index < -0.39 is 11.6 Å². The number of hydrogen-bond acceptors (Lipinski definition) is 5. The largest absolute Gasteiger partial charge is 0.292 e. The topological polar surface area (TPSA) is 67.8 Å². The molecule has 1 saturated carbocycles. The maximum absolute atomic E-state index is 14.7. The normalized spacial score (nSPS) is 16.7. The number of nitrogens with zero attached hydrogens (tertiary/aromatic N) is 3. The van der Waals surface area contributed by atoms with Crippen LogP contribution in [0.1, 0.15) is 32.1 Å². The second-order valence-corrected chi connectivity index (χ2v) is 7.20. The third kappa shape index (κ3) is 3.24. The minimum absolute atomic E-state index is 0.140. The van der Waals surface area contributed by atoms with Crippen LogP contribution in [0, 0.1) is 0 Å². The number of carbonyl (C=O) groups is 1. The molecule has 2 aromatic heterocycles. The number of nitrogens with one attached hydrogen (secondary N) is 1. The Morgan fingerprint density at radius 3 is 2.80 bits per heavy atom. The Kier molecular flexibility index (Phi) is 4.17. The summed E-state index contributed by atoms with van der Waals surface area (Å²) < 4.78 is 14.7. The third-order valence-electron chi connectivity index (χ3n) is 4.58. The Balaban J connectivity index is 1.60. The van der Waals surface area contributed by atoms with Crippen LogP contribution >= 0.6 is 11.3 Å². The lowest BCUT2D eigenvalue weighted by Crippen LogP contribution is -2.40. The number of amides is 1. The summed E-state index contributed by atoms with van der Waals surface area (Å²) in [5.41, 5.74) is 1.67. The number of aromatic nitrogens is 3. The van der Waals surface area contributed by atoms with Crippen molar-refractivity contribution in [3.8, 4) is 10.4 Å². The van der Waals surface area contributed by atoms with E-state index in [1.54, 1.807) is 29.2 Å². The molecule has 1 aliphatic carbocycles. The molecule has 0 aliphatic heterocycles. The number of anilines is 1. The number of benzene rings is 1. The number of thiazole rings is 1. The second kappa shape index (κ2) is 6.48. The zero-order chi connectivity index (χ0) is 17.3. The summed E-state index contributed by atoms with van der Waals surface area (Å²) in [6, 6.07) is 5.83. The lowest BCUT2D eigenvalue weighted by Gasteiger charge is -2.27. The van der Waals surface area contributed by atoms with Gasteiger partial charge in [0.2, 0.25) is 5.95 Å². The molecule has 1 fully saturated rings. The molecular weight excluding hydrogens is 339 g/mol. The van der Waals surface area contributed by atoms with Gasteiger partial charge in [-0.05, 0) is 37.3 Å². The molecule has 2 heterocycles. The summed E-state index contributed by atoms with van der Waals surface area (Å²) in [5.74, 6) is -0.494. The van der Waals surface area contributed by atoms with Crippen LogP contribution in [0.15, 0.2) is 36.1 Å². The average Bonchev–Trinajstić information content (AvgIpc) is 3.16. The minimum atomic E-state index is -1.80. The highest BCUT2D eigenvalue weighted by molar-refractivity contribution is 7.13. The summed E-state index contributed by atoms with van der Waals surface area (Å²) in [6.07, 6.45) is 6.42. The van der Waals surface area contributed by atoms with Crippen molar-refractivity contribution in [1.82, 2.24) is 15.0 Å². The SMILES string of the molecule is O=C(Nc1ncc2ccc(-c3cncs3)cc2n1)C1(F)CCCCC1. The number of rotatable bonds is 3. The van der Waals surface area contributed by atoms with Crippen molar-refractivity contribution < 1.29 is 9.18 Å². The average molecular weight is 356 g/mol. The lowest BCUT2D eigenvalue weighted by atomic mass is 9.86. The van der Waals surface area contributed by atoms with Gasteiger partial charge in [0.15, 0.2) is 5.67 Å². The van der Waals surface area contributed by atoms with Crippen molar-refractivity contribution in [3.63, 3.8) is 0 Å². The Morgan fingerprint density at radius 2 is 2.04 bits per heavy atom. The molecule has 0 radical (unpaired) electrons. The molecule has 0 atom stereocenters. The first kappa shape index (κ1) is 16.1. The van der Waals surface area contributed by atoms with Crippen molar-refractivity contribution >= 4 is 34.1 Å². The molecule has 0 unspecified atom stereocenters. The van der Waals surface area contributed by atoms with Crippen LogP contribution in [-0.4, -0.2) is 26.5 Å². The van der Waals surface area contributed by atoms with E-state index in [9.17, 15) is 9.18 Å². The van der Waals surface area contributed by atoms with Crippen LogP contribution in [0.3, 0.4) is 0 Å². The second-order valence-electron chi connectivity index (χ2n) is 6.31. The fourth-order valence-electron chi connectivity index (χ4n) is 3.15. The van der Waals surface area contributed by atoms with Gasteiger partial charge in [-0.3, -0.25) is 15.1 Å². The maximum atomic E-state index is 14.7. The number of halogens is 1. The van der Waals surface area contributed by atoms with Crippen LogP contribution in [0.5, 0.6) is 0 Å². The fraction of sp³-hybridized carbons (Fsp3) is 0.333. The van der Waals surface area contributed by atoms with Gasteiger partial charge in [-0.1, -0.05) is 18.6 Å².